The van der Waals surface area contributed by atoms with Gasteiger partial charge in [0.1, 0.15) is 5.60 Å². The highest BCUT2D eigenvalue weighted by Gasteiger charge is 2.51. The molecule has 0 bridgehead atoms. The van der Waals surface area contributed by atoms with Crippen molar-refractivity contribution in [3.63, 3.8) is 0 Å². The molecule has 1 aliphatic carbocycles. The number of nitrogens with zero attached hydrogens (tertiary/aromatic N) is 3. The highest BCUT2D eigenvalue weighted by atomic mass is 16.6. The number of benzene rings is 2. The maximum Gasteiger partial charge on any atom is 0.411 e. The first-order valence-corrected chi connectivity index (χ1v) is 11.0. The largest absolute Gasteiger partial charge is 0.441 e. The fraction of sp³-hybridized carbons (Fsp3) is 0.400. The third kappa shape index (κ3) is 3.71. The van der Waals surface area contributed by atoms with Crippen LogP contribution in [0.2, 0.25) is 0 Å². The van der Waals surface area contributed by atoms with E-state index in [0.29, 0.717) is 11.8 Å². The van der Waals surface area contributed by atoms with Gasteiger partial charge in [0.2, 0.25) is 11.8 Å². The van der Waals surface area contributed by atoms with E-state index in [1.54, 1.807) is 0 Å². The van der Waals surface area contributed by atoms with E-state index in [1.165, 1.54) is 0 Å². The van der Waals surface area contributed by atoms with Crippen LogP contribution in [0.15, 0.2) is 65.1 Å². The molecule has 160 valence electrons. The highest BCUT2D eigenvalue weighted by Crippen LogP contribution is 2.46. The number of carbonyl (C=O) groups excluding carboxylic acids is 1. The molecule has 1 unspecified atom stereocenters. The Morgan fingerprint density at radius 1 is 0.903 bits per heavy atom. The molecule has 1 amide bonds. The van der Waals surface area contributed by atoms with Crippen molar-refractivity contribution in [3.05, 3.63) is 72.1 Å². The number of rotatable bonds is 4. The lowest BCUT2D eigenvalue weighted by Gasteiger charge is -2.37. The zero-order chi connectivity index (χ0) is 21.4. The summed E-state index contributed by atoms with van der Waals surface area (Å²) >= 11 is 0. The Hall–Kier alpha value is -3.15. The van der Waals surface area contributed by atoms with Crippen LogP contribution in [0.1, 0.15) is 62.9 Å². The molecule has 1 saturated carbocycles. The van der Waals surface area contributed by atoms with Crippen LogP contribution < -0.4 is 0 Å². The predicted molar refractivity (Wildman–Crippen MR) is 116 cm³/mol. The van der Waals surface area contributed by atoms with Gasteiger partial charge in [-0.3, -0.25) is 4.90 Å². The summed E-state index contributed by atoms with van der Waals surface area (Å²) in [6, 6.07) is 20.1. The lowest BCUT2D eigenvalue weighted by atomic mass is 9.83. The summed E-state index contributed by atoms with van der Waals surface area (Å²) in [6.45, 7) is 4.00. The third-order valence-corrected chi connectivity index (χ3v) is 6.51. The number of hydrogen-bond donors (Lipinski definition) is 0. The van der Waals surface area contributed by atoms with E-state index in [1.807, 2.05) is 67.3 Å². The average molecular weight is 418 g/mol. The quantitative estimate of drug-likeness (QED) is 0.542. The smallest absolute Gasteiger partial charge is 0.411 e. The Labute approximate surface area is 182 Å². The summed E-state index contributed by atoms with van der Waals surface area (Å²) < 4.78 is 11.8. The second-order valence-corrected chi connectivity index (χ2v) is 9.01. The van der Waals surface area contributed by atoms with Crippen molar-refractivity contribution < 1.29 is 13.9 Å². The van der Waals surface area contributed by atoms with E-state index >= 15 is 0 Å². The molecule has 6 nitrogen and oxygen atoms in total. The van der Waals surface area contributed by atoms with Crippen LogP contribution in [-0.2, 0) is 4.74 Å². The van der Waals surface area contributed by atoms with Crippen LogP contribution in [-0.4, -0.2) is 32.8 Å². The number of amides is 1. The second-order valence-electron chi connectivity index (χ2n) is 9.01. The normalized spacial score (nSPS) is 25.4. The third-order valence-electron chi connectivity index (χ3n) is 6.51. The lowest BCUT2D eigenvalue weighted by molar-refractivity contribution is 0.0663. The molecule has 0 spiro atoms. The van der Waals surface area contributed by atoms with Crippen molar-refractivity contribution in [1.29, 1.82) is 0 Å². The van der Waals surface area contributed by atoms with Crippen LogP contribution in [0.25, 0.3) is 11.5 Å². The molecule has 31 heavy (non-hydrogen) atoms. The average Bonchev–Trinajstić information content (AvgIpc) is 3.37. The second kappa shape index (κ2) is 7.84. The standard InChI is InChI=1S/C25H27N3O3/c1-25(2)21(17-9-5-3-6-10-17)28(24(29)31-25)20-15-13-19(14-16-20)23-27-26-22(30-23)18-11-7-4-8-12-18/h3-12,19-21H,13-16H2,1-2H3. The fourth-order valence-electron chi connectivity index (χ4n) is 5.03. The molecule has 2 heterocycles. The Morgan fingerprint density at radius 2 is 1.55 bits per heavy atom. The summed E-state index contributed by atoms with van der Waals surface area (Å²) in [5, 5.41) is 8.56. The van der Waals surface area contributed by atoms with E-state index in [-0.39, 0.29) is 24.1 Å². The lowest BCUT2D eigenvalue weighted by Crippen LogP contribution is -2.42. The van der Waals surface area contributed by atoms with E-state index in [0.717, 1.165) is 36.8 Å². The maximum absolute atomic E-state index is 12.8. The Balaban J connectivity index is 1.31. The maximum atomic E-state index is 12.8. The summed E-state index contributed by atoms with van der Waals surface area (Å²) in [5.74, 6) is 1.48. The molecule has 1 saturated heterocycles. The number of carbonyl (C=O) groups is 1. The molecule has 0 N–H and O–H groups in total. The van der Waals surface area contributed by atoms with E-state index in [9.17, 15) is 4.79 Å². The van der Waals surface area contributed by atoms with Gasteiger partial charge in [-0.25, -0.2) is 4.79 Å². The van der Waals surface area contributed by atoms with Gasteiger partial charge in [0.25, 0.3) is 0 Å². The van der Waals surface area contributed by atoms with Crippen molar-refractivity contribution in [2.45, 2.75) is 63.1 Å². The van der Waals surface area contributed by atoms with Crippen molar-refractivity contribution in [2.75, 3.05) is 0 Å². The molecule has 1 aromatic heterocycles. The van der Waals surface area contributed by atoms with Gasteiger partial charge in [-0.1, -0.05) is 48.5 Å². The first-order valence-electron chi connectivity index (χ1n) is 11.0. The zero-order valence-electron chi connectivity index (χ0n) is 17.9. The van der Waals surface area contributed by atoms with Gasteiger partial charge in [0.05, 0.1) is 6.04 Å². The van der Waals surface area contributed by atoms with Gasteiger partial charge in [-0.2, -0.15) is 0 Å². The molecule has 3 aromatic rings. The fourth-order valence-corrected chi connectivity index (χ4v) is 5.03. The minimum atomic E-state index is -0.563. The summed E-state index contributed by atoms with van der Waals surface area (Å²) in [6.07, 6.45) is 3.39. The van der Waals surface area contributed by atoms with Crippen molar-refractivity contribution in [2.24, 2.45) is 0 Å². The predicted octanol–water partition coefficient (Wildman–Crippen LogP) is 5.73. The molecule has 5 rings (SSSR count). The number of hydrogen-bond acceptors (Lipinski definition) is 5. The van der Waals surface area contributed by atoms with Crippen molar-refractivity contribution in [3.8, 4) is 11.5 Å². The zero-order valence-corrected chi connectivity index (χ0v) is 17.9. The highest BCUT2D eigenvalue weighted by molar-refractivity contribution is 5.72. The van der Waals surface area contributed by atoms with Crippen molar-refractivity contribution in [1.82, 2.24) is 15.1 Å². The van der Waals surface area contributed by atoms with Gasteiger partial charge in [0, 0.05) is 17.5 Å². The van der Waals surface area contributed by atoms with Gasteiger partial charge in [-0.05, 0) is 57.2 Å². The molecule has 6 heteroatoms. The summed E-state index contributed by atoms with van der Waals surface area (Å²) in [5.41, 5.74) is 1.49. The van der Waals surface area contributed by atoms with Crippen LogP contribution in [0, 0.1) is 0 Å². The SMILES string of the molecule is CC1(C)OC(=O)N(C2CCC(c3nnc(-c4ccccc4)o3)CC2)C1c1ccccc1. The molecular formula is C25H27N3O3. The van der Waals surface area contributed by atoms with E-state index in [2.05, 4.69) is 22.3 Å². The number of cyclic esters (lactones) is 1. The van der Waals surface area contributed by atoms with Gasteiger partial charge < -0.3 is 9.15 Å². The Morgan fingerprint density at radius 3 is 2.23 bits per heavy atom. The Kier molecular flexibility index (Phi) is 5.00. The number of aromatic nitrogens is 2. The molecule has 1 aliphatic heterocycles. The van der Waals surface area contributed by atoms with Gasteiger partial charge >= 0.3 is 6.09 Å². The van der Waals surface area contributed by atoms with Crippen LogP contribution in [0.4, 0.5) is 4.79 Å². The number of ether oxygens (including phenoxy) is 1. The van der Waals surface area contributed by atoms with Crippen LogP contribution >= 0.6 is 0 Å². The summed E-state index contributed by atoms with van der Waals surface area (Å²) in [4.78, 5) is 14.8. The van der Waals surface area contributed by atoms with E-state index in [4.69, 9.17) is 9.15 Å². The molecule has 2 fully saturated rings. The monoisotopic (exact) mass is 417 g/mol. The van der Waals surface area contributed by atoms with E-state index < -0.39 is 5.60 Å². The van der Waals surface area contributed by atoms with Gasteiger partial charge in [-0.15, -0.1) is 10.2 Å². The molecule has 1 atom stereocenters. The first-order chi connectivity index (χ1) is 15.0. The molecular weight excluding hydrogens is 390 g/mol. The molecule has 2 aromatic carbocycles. The molecule has 2 aliphatic rings. The first kappa shape index (κ1) is 19.8. The van der Waals surface area contributed by atoms with Crippen molar-refractivity contribution >= 4 is 6.09 Å². The van der Waals surface area contributed by atoms with Gasteiger partial charge in [0.15, 0.2) is 0 Å². The van der Waals surface area contributed by atoms with Crippen LogP contribution in [0.5, 0.6) is 0 Å². The summed E-state index contributed by atoms with van der Waals surface area (Å²) in [7, 11) is 0. The minimum absolute atomic E-state index is 0.0872. The minimum Gasteiger partial charge on any atom is -0.441 e. The Bertz CT molecular complexity index is 1040. The molecule has 0 radical (unpaired) electrons. The topological polar surface area (TPSA) is 68.5 Å². The van der Waals surface area contributed by atoms with Crippen LogP contribution in [0.3, 0.4) is 0 Å².